The Morgan fingerprint density at radius 2 is 2.11 bits per heavy atom. The summed E-state index contributed by atoms with van der Waals surface area (Å²) >= 11 is 0. The molecule has 98 valence electrons. The molecule has 0 atom stereocenters. The van der Waals surface area contributed by atoms with Crippen LogP contribution < -0.4 is 10.1 Å². The number of hydrogen-bond donors (Lipinski definition) is 1. The van der Waals surface area contributed by atoms with Crippen molar-refractivity contribution in [1.82, 2.24) is 5.32 Å². The molecule has 0 aromatic heterocycles. The molecule has 0 radical (unpaired) electrons. The topological polar surface area (TPSA) is 45.0 Å². The van der Waals surface area contributed by atoms with Gasteiger partial charge in [-0.1, -0.05) is 12.1 Å². The van der Waals surface area contributed by atoms with E-state index >= 15 is 0 Å². The molecule has 0 bridgehead atoms. The molecular weight excluding hydrogens is 224 g/mol. The van der Waals surface area contributed by atoms with Crippen molar-refractivity contribution in [3.8, 4) is 11.8 Å². The fourth-order valence-electron chi connectivity index (χ4n) is 1.74. The summed E-state index contributed by atoms with van der Waals surface area (Å²) in [6.45, 7) is 9.31. The van der Waals surface area contributed by atoms with Crippen molar-refractivity contribution in [2.75, 3.05) is 13.2 Å². The van der Waals surface area contributed by atoms with Crippen molar-refractivity contribution in [2.45, 2.75) is 39.7 Å². The highest BCUT2D eigenvalue weighted by molar-refractivity contribution is 5.36. The summed E-state index contributed by atoms with van der Waals surface area (Å²) in [7, 11) is 0. The second-order valence-electron chi connectivity index (χ2n) is 4.95. The Labute approximate surface area is 110 Å². The summed E-state index contributed by atoms with van der Waals surface area (Å²) in [4.78, 5) is 0. The van der Waals surface area contributed by atoms with Crippen molar-refractivity contribution in [1.29, 1.82) is 5.26 Å². The first-order valence-corrected chi connectivity index (χ1v) is 6.37. The number of nitrogens with one attached hydrogen (secondary N) is 1. The number of benzene rings is 1. The van der Waals surface area contributed by atoms with Gasteiger partial charge in [-0.25, -0.2) is 0 Å². The first-order chi connectivity index (χ1) is 8.48. The molecular formula is C15H22N2O. The van der Waals surface area contributed by atoms with Crippen LogP contribution >= 0.6 is 0 Å². The van der Waals surface area contributed by atoms with E-state index in [9.17, 15) is 0 Å². The van der Waals surface area contributed by atoms with E-state index < -0.39 is 5.54 Å². The van der Waals surface area contributed by atoms with Crippen LogP contribution in [0.25, 0.3) is 0 Å². The minimum atomic E-state index is -0.458. The molecule has 0 unspecified atom stereocenters. The van der Waals surface area contributed by atoms with Gasteiger partial charge in [-0.2, -0.15) is 5.26 Å². The Hall–Kier alpha value is -1.53. The molecule has 1 aromatic rings. The second kappa shape index (κ2) is 6.42. The van der Waals surface area contributed by atoms with Crippen molar-refractivity contribution >= 4 is 0 Å². The van der Waals surface area contributed by atoms with E-state index in [4.69, 9.17) is 10.00 Å². The molecule has 0 spiro atoms. The normalized spacial score (nSPS) is 11.1. The standard InChI is InChI=1S/C15H22N2O/c1-5-18-14-7-6-13(10-12(14)2)8-9-17-15(3,4)11-16/h6-7,10,17H,5,8-9H2,1-4H3. The number of nitrogens with zero attached hydrogens (tertiary/aromatic N) is 1. The molecule has 0 aliphatic rings. The minimum Gasteiger partial charge on any atom is -0.494 e. The van der Waals surface area contributed by atoms with Crippen LogP contribution in [0.3, 0.4) is 0 Å². The van der Waals surface area contributed by atoms with Gasteiger partial charge >= 0.3 is 0 Å². The molecule has 0 saturated carbocycles. The van der Waals surface area contributed by atoms with Gasteiger partial charge in [0.25, 0.3) is 0 Å². The Kier molecular flexibility index (Phi) is 5.18. The summed E-state index contributed by atoms with van der Waals surface area (Å²) in [6.07, 6.45) is 0.915. The largest absolute Gasteiger partial charge is 0.494 e. The summed E-state index contributed by atoms with van der Waals surface area (Å²) in [5.74, 6) is 0.951. The van der Waals surface area contributed by atoms with Crippen molar-refractivity contribution in [3.05, 3.63) is 29.3 Å². The SMILES string of the molecule is CCOc1ccc(CCNC(C)(C)C#N)cc1C. The van der Waals surface area contributed by atoms with Crippen LogP contribution in [0.4, 0.5) is 0 Å². The molecule has 1 N–H and O–H groups in total. The van der Waals surface area contributed by atoms with Crippen molar-refractivity contribution in [3.63, 3.8) is 0 Å². The Morgan fingerprint density at radius 1 is 1.39 bits per heavy atom. The molecule has 0 fully saturated rings. The lowest BCUT2D eigenvalue weighted by Gasteiger charge is -2.17. The van der Waals surface area contributed by atoms with E-state index in [1.165, 1.54) is 5.56 Å². The van der Waals surface area contributed by atoms with Crippen LogP contribution in [0.2, 0.25) is 0 Å². The highest BCUT2D eigenvalue weighted by Crippen LogP contribution is 2.19. The lowest BCUT2D eigenvalue weighted by molar-refractivity contribution is 0.338. The lowest BCUT2D eigenvalue weighted by atomic mass is 10.1. The Balaban J connectivity index is 2.54. The number of ether oxygens (including phenoxy) is 1. The summed E-state index contributed by atoms with van der Waals surface area (Å²) in [5.41, 5.74) is 1.96. The zero-order valence-corrected chi connectivity index (χ0v) is 11.7. The number of nitriles is 1. The lowest BCUT2D eigenvalue weighted by Crippen LogP contribution is -2.38. The van der Waals surface area contributed by atoms with Crippen LogP contribution in [0, 0.1) is 18.3 Å². The molecule has 0 heterocycles. The molecule has 18 heavy (non-hydrogen) atoms. The molecule has 3 heteroatoms. The maximum absolute atomic E-state index is 8.90. The third kappa shape index (κ3) is 4.38. The molecule has 1 aromatic carbocycles. The summed E-state index contributed by atoms with van der Waals surface area (Å²) in [5, 5.41) is 12.1. The molecule has 0 saturated heterocycles. The van der Waals surface area contributed by atoms with Gasteiger partial charge in [-0.3, -0.25) is 5.32 Å². The van der Waals surface area contributed by atoms with Gasteiger partial charge in [-0.05, 0) is 51.3 Å². The number of hydrogen-bond acceptors (Lipinski definition) is 3. The average Bonchev–Trinajstić information content (AvgIpc) is 2.32. The van der Waals surface area contributed by atoms with Crippen LogP contribution in [-0.2, 0) is 6.42 Å². The smallest absolute Gasteiger partial charge is 0.122 e. The fourth-order valence-corrected chi connectivity index (χ4v) is 1.74. The van der Waals surface area contributed by atoms with E-state index in [2.05, 4.69) is 30.4 Å². The van der Waals surface area contributed by atoms with Crippen LogP contribution in [0.15, 0.2) is 18.2 Å². The monoisotopic (exact) mass is 246 g/mol. The average molecular weight is 246 g/mol. The first-order valence-electron chi connectivity index (χ1n) is 6.37. The van der Waals surface area contributed by atoms with Crippen molar-refractivity contribution in [2.24, 2.45) is 0 Å². The quantitative estimate of drug-likeness (QED) is 0.839. The van der Waals surface area contributed by atoms with E-state index in [-0.39, 0.29) is 0 Å². The Bertz CT molecular complexity index is 433. The molecule has 0 aliphatic heterocycles. The van der Waals surface area contributed by atoms with Crippen LogP contribution in [-0.4, -0.2) is 18.7 Å². The first kappa shape index (κ1) is 14.5. The zero-order chi connectivity index (χ0) is 13.6. The number of aryl methyl sites for hydroxylation is 1. The van der Waals surface area contributed by atoms with Crippen molar-refractivity contribution < 1.29 is 4.74 Å². The third-order valence-corrected chi connectivity index (χ3v) is 2.80. The van der Waals surface area contributed by atoms with E-state index in [1.54, 1.807) is 0 Å². The predicted molar refractivity (Wildman–Crippen MR) is 73.7 cm³/mol. The van der Waals surface area contributed by atoms with E-state index in [1.807, 2.05) is 26.8 Å². The fraction of sp³-hybridized carbons (Fsp3) is 0.533. The van der Waals surface area contributed by atoms with Crippen LogP contribution in [0.5, 0.6) is 5.75 Å². The Morgan fingerprint density at radius 3 is 2.67 bits per heavy atom. The van der Waals surface area contributed by atoms with Gasteiger partial charge in [0.1, 0.15) is 11.3 Å². The van der Waals surface area contributed by atoms with Crippen LogP contribution in [0.1, 0.15) is 31.9 Å². The molecule has 1 rings (SSSR count). The van der Waals surface area contributed by atoms with E-state index in [0.29, 0.717) is 6.61 Å². The van der Waals surface area contributed by atoms with Gasteiger partial charge in [0.2, 0.25) is 0 Å². The number of rotatable bonds is 6. The highest BCUT2D eigenvalue weighted by atomic mass is 16.5. The summed E-state index contributed by atoms with van der Waals surface area (Å²) in [6, 6.07) is 8.48. The maximum Gasteiger partial charge on any atom is 0.122 e. The second-order valence-corrected chi connectivity index (χ2v) is 4.95. The van der Waals surface area contributed by atoms with Gasteiger partial charge in [0.15, 0.2) is 0 Å². The van der Waals surface area contributed by atoms with Gasteiger partial charge in [-0.15, -0.1) is 0 Å². The van der Waals surface area contributed by atoms with E-state index in [0.717, 1.165) is 24.3 Å². The molecule has 0 aliphatic carbocycles. The van der Waals surface area contributed by atoms with Gasteiger partial charge in [0.05, 0.1) is 12.7 Å². The zero-order valence-electron chi connectivity index (χ0n) is 11.7. The predicted octanol–water partition coefficient (Wildman–Crippen LogP) is 2.83. The third-order valence-electron chi connectivity index (χ3n) is 2.80. The molecule has 3 nitrogen and oxygen atoms in total. The highest BCUT2D eigenvalue weighted by Gasteiger charge is 2.14. The van der Waals surface area contributed by atoms with Gasteiger partial charge < -0.3 is 4.74 Å². The molecule has 0 amide bonds. The maximum atomic E-state index is 8.90. The summed E-state index contributed by atoms with van der Waals surface area (Å²) < 4.78 is 5.51. The minimum absolute atomic E-state index is 0.458. The van der Waals surface area contributed by atoms with Gasteiger partial charge in [0, 0.05) is 6.54 Å².